The second kappa shape index (κ2) is 12.0. The molecule has 8 nitrogen and oxygen atoms in total. The van der Waals surface area contributed by atoms with Gasteiger partial charge in [-0.25, -0.2) is 10.4 Å². The predicted molar refractivity (Wildman–Crippen MR) is 130 cm³/mol. The van der Waals surface area contributed by atoms with Crippen LogP contribution in [0.1, 0.15) is 22.8 Å². The summed E-state index contributed by atoms with van der Waals surface area (Å²) in [5, 5.41) is 6.80. The van der Waals surface area contributed by atoms with Crippen molar-refractivity contribution < 1.29 is 19.1 Å². The molecule has 10 heteroatoms. The molecule has 1 heterocycles. The summed E-state index contributed by atoms with van der Waals surface area (Å²) in [6.07, 6.45) is 2.94. The summed E-state index contributed by atoms with van der Waals surface area (Å²) >= 11 is 9.36. The van der Waals surface area contributed by atoms with Crippen molar-refractivity contribution in [2.45, 2.75) is 6.92 Å². The molecule has 0 atom stereocenters. The number of hydrazone groups is 1. The number of carbonyl (C=O) groups is 2. The first-order chi connectivity index (χ1) is 16.0. The van der Waals surface area contributed by atoms with E-state index in [9.17, 15) is 9.59 Å². The molecule has 1 aromatic heterocycles. The molecule has 2 amide bonds. The standard InChI is InChI=1S/C23H20BrClN4O4/c1-2-32-19-12-15(13-27-29-23(31)17-9-6-10-26-22(17)25)11-18(24)21(19)33-14-20(30)28-16-7-4-3-5-8-16/h3-13H,2,14H2,1H3,(H,28,30)(H,29,31). The van der Waals surface area contributed by atoms with Gasteiger partial charge in [0.1, 0.15) is 5.15 Å². The van der Waals surface area contributed by atoms with Gasteiger partial charge in [-0.1, -0.05) is 29.8 Å². The van der Waals surface area contributed by atoms with Crippen LogP contribution in [0.2, 0.25) is 5.15 Å². The van der Waals surface area contributed by atoms with Crippen LogP contribution in [0.4, 0.5) is 5.69 Å². The highest BCUT2D eigenvalue weighted by Gasteiger charge is 2.14. The van der Waals surface area contributed by atoms with E-state index in [-0.39, 0.29) is 23.2 Å². The van der Waals surface area contributed by atoms with E-state index in [2.05, 4.69) is 36.8 Å². The van der Waals surface area contributed by atoms with Gasteiger partial charge in [-0.05, 0) is 64.8 Å². The first kappa shape index (κ1) is 24.2. The zero-order valence-corrected chi connectivity index (χ0v) is 19.9. The lowest BCUT2D eigenvalue weighted by atomic mass is 10.2. The Hall–Kier alpha value is -3.43. The van der Waals surface area contributed by atoms with Crippen LogP contribution < -0.4 is 20.2 Å². The van der Waals surface area contributed by atoms with E-state index in [1.807, 2.05) is 25.1 Å². The molecular formula is C23H20BrClN4O4. The van der Waals surface area contributed by atoms with Crippen molar-refractivity contribution in [1.29, 1.82) is 0 Å². The van der Waals surface area contributed by atoms with Crippen LogP contribution in [0.25, 0.3) is 0 Å². The van der Waals surface area contributed by atoms with E-state index in [4.69, 9.17) is 21.1 Å². The summed E-state index contributed by atoms with van der Waals surface area (Å²) in [5.74, 6) is 0.00153. The van der Waals surface area contributed by atoms with E-state index < -0.39 is 5.91 Å². The number of rotatable bonds is 9. The number of pyridine rings is 1. The summed E-state index contributed by atoms with van der Waals surface area (Å²) in [6, 6.07) is 15.7. The van der Waals surface area contributed by atoms with Gasteiger partial charge in [0.15, 0.2) is 18.1 Å². The maximum atomic E-state index is 12.2. The van der Waals surface area contributed by atoms with Gasteiger partial charge in [0.05, 0.1) is 22.9 Å². The number of amides is 2. The fourth-order valence-corrected chi connectivity index (χ4v) is 3.48. The number of nitrogens with zero attached hydrogens (tertiary/aromatic N) is 2. The van der Waals surface area contributed by atoms with Crippen molar-refractivity contribution in [2.24, 2.45) is 5.10 Å². The van der Waals surface area contributed by atoms with Gasteiger partial charge >= 0.3 is 0 Å². The second-order valence-electron chi connectivity index (χ2n) is 6.51. The first-order valence-electron chi connectivity index (χ1n) is 9.86. The third-order valence-corrected chi connectivity index (χ3v) is 5.01. The molecule has 170 valence electrons. The summed E-state index contributed by atoms with van der Waals surface area (Å²) in [7, 11) is 0. The summed E-state index contributed by atoms with van der Waals surface area (Å²) < 4.78 is 11.9. The largest absolute Gasteiger partial charge is 0.490 e. The minimum Gasteiger partial charge on any atom is -0.490 e. The minimum atomic E-state index is -0.488. The van der Waals surface area contributed by atoms with Crippen LogP contribution >= 0.6 is 27.5 Å². The highest BCUT2D eigenvalue weighted by atomic mass is 79.9. The molecule has 0 saturated heterocycles. The molecule has 0 fully saturated rings. The van der Waals surface area contributed by atoms with Crippen molar-refractivity contribution >= 4 is 51.2 Å². The lowest BCUT2D eigenvalue weighted by Gasteiger charge is -2.14. The average Bonchev–Trinajstić information content (AvgIpc) is 2.79. The zero-order chi connectivity index (χ0) is 23.6. The van der Waals surface area contributed by atoms with Gasteiger partial charge in [0, 0.05) is 11.9 Å². The fraction of sp³-hybridized carbons (Fsp3) is 0.130. The topological polar surface area (TPSA) is 102 Å². The van der Waals surface area contributed by atoms with E-state index in [1.54, 1.807) is 36.4 Å². The Morgan fingerprint density at radius 1 is 1.15 bits per heavy atom. The number of aromatic nitrogens is 1. The smallest absolute Gasteiger partial charge is 0.274 e. The molecule has 0 unspecified atom stereocenters. The molecular weight excluding hydrogens is 512 g/mol. The number of hydrogen-bond acceptors (Lipinski definition) is 6. The number of hydrogen-bond donors (Lipinski definition) is 2. The normalized spacial score (nSPS) is 10.6. The Morgan fingerprint density at radius 2 is 1.94 bits per heavy atom. The lowest BCUT2D eigenvalue weighted by Crippen LogP contribution is -2.20. The van der Waals surface area contributed by atoms with E-state index in [0.29, 0.717) is 33.8 Å². The quantitative estimate of drug-likeness (QED) is 0.237. The molecule has 3 aromatic rings. The number of ether oxygens (including phenoxy) is 2. The molecule has 3 rings (SSSR count). The van der Waals surface area contributed by atoms with Crippen molar-refractivity contribution in [3.05, 3.63) is 81.5 Å². The predicted octanol–water partition coefficient (Wildman–Crippen LogP) is 4.68. The van der Waals surface area contributed by atoms with Gasteiger partial charge in [0.2, 0.25) is 0 Å². The third-order valence-electron chi connectivity index (χ3n) is 4.12. The van der Waals surface area contributed by atoms with Crippen LogP contribution in [0.3, 0.4) is 0 Å². The molecule has 0 aliphatic carbocycles. The van der Waals surface area contributed by atoms with Gasteiger partial charge in [-0.3, -0.25) is 9.59 Å². The summed E-state index contributed by atoms with van der Waals surface area (Å²) in [4.78, 5) is 28.3. The van der Waals surface area contributed by atoms with Gasteiger partial charge in [-0.15, -0.1) is 0 Å². The highest BCUT2D eigenvalue weighted by molar-refractivity contribution is 9.10. The molecule has 33 heavy (non-hydrogen) atoms. The van der Waals surface area contributed by atoms with Gasteiger partial charge in [-0.2, -0.15) is 5.10 Å². The Kier molecular flexibility index (Phi) is 8.79. The first-order valence-corrected chi connectivity index (χ1v) is 11.0. The van der Waals surface area contributed by atoms with E-state index in [1.165, 1.54) is 12.4 Å². The summed E-state index contributed by atoms with van der Waals surface area (Å²) in [5.41, 5.74) is 3.92. The fourth-order valence-electron chi connectivity index (χ4n) is 2.70. The van der Waals surface area contributed by atoms with Crippen molar-refractivity contribution in [2.75, 3.05) is 18.5 Å². The molecule has 2 aromatic carbocycles. The number of halogens is 2. The molecule has 0 aliphatic rings. The van der Waals surface area contributed by atoms with Crippen molar-refractivity contribution in [3.63, 3.8) is 0 Å². The minimum absolute atomic E-state index is 0.0874. The summed E-state index contributed by atoms with van der Waals surface area (Å²) in [6.45, 7) is 2.01. The van der Waals surface area contributed by atoms with Crippen LogP contribution in [-0.4, -0.2) is 36.2 Å². The van der Waals surface area contributed by atoms with Crippen LogP contribution in [0.5, 0.6) is 11.5 Å². The van der Waals surface area contributed by atoms with E-state index in [0.717, 1.165) is 0 Å². The van der Waals surface area contributed by atoms with Gasteiger partial charge < -0.3 is 14.8 Å². The maximum absolute atomic E-state index is 12.2. The second-order valence-corrected chi connectivity index (χ2v) is 7.72. The Labute approximate surface area is 204 Å². The Balaban J connectivity index is 1.67. The lowest BCUT2D eigenvalue weighted by molar-refractivity contribution is -0.118. The highest BCUT2D eigenvalue weighted by Crippen LogP contribution is 2.36. The number of para-hydroxylation sites is 1. The molecule has 0 aliphatic heterocycles. The van der Waals surface area contributed by atoms with E-state index >= 15 is 0 Å². The van der Waals surface area contributed by atoms with Crippen LogP contribution in [0.15, 0.2) is 70.4 Å². The molecule has 0 spiro atoms. The van der Waals surface area contributed by atoms with Gasteiger partial charge in [0.25, 0.3) is 11.8 Å². The molecule has 0 bridgehead atoms. The van der Waals surface area contributed by atoms with Crippen LogP contribution in [-0.2, 0) is 4.79 Å². The number of benzene rings is 2. The average molecular weight is 532 g/mol. The zero-order valence-electron chi connectivity index (χ0n) is 17.5. The number of nitrogens with one attached hydrogen (secondary N) is 2. The third kappa shape index (κ3) is 7.03. The Morgan fingerprint density at radius 3 is 2.67 bits per heavy atom. The van der Waals surface area contributed by atoms with Crippen molar-refractivity contribution in [1.82, 2.24) is 10.4 Å². The monoisotopic (exact) mass is 530 g/mol. The number of anilines is 1. The van der Waals surface area contributed by atoms with Crippen molar-refractivity contribution in [3.8, 4) is 11.5 Å². The maximum Gasteiger partial charge on any atom is 0.274 e. The Bertz CT molecular complexity index is 1160. The molecule has 0 saturated carbocycles. The van der Waals surface area contributed by atoms with Crippen LogP contribution in [0, 0.1) is 0 Å². The number of carbonyl (C=O) groups excluding carboxylic acids is 2. The molecule has 0 radical (unpaired) electrons. The SMILES string of the molecule is CCOc1cc(C=NNC(=O)c2cccnc2Cl)cc(Br)c1OCC(=O)Nc1ccccc1. The molecule has 2 N–H and O–H groups in total.